The molecule has 19 heavy (non-hydrogen) atoms. The maximum atomic E-state index is 13.2. The van der Waals surface area contributed by atoms with Gasteiger partial charge in [0.15, 0.2) is 0 Å². The number of rotatable bonds is 4. The van der Waals surface area contributed by atoms with Crippen molar-refractivity contribution in [3.63, 3.8) is 0 Å². The zero-order valence-electron chi connectivity index (χ0n) is 10.8. The molecule has 2 rings (SSSR count). The van der Waals surface area contributed by atoms with Crippen LogP contribution in [0.1, 0.15) is 35.2 Å². The molecule has 1 aliphatic rings. The third kappa shape index (κ3) is 3.77. The Morgan fingerprint density at radius 3 is 2.63 bits per heavy atom. The SMILES string of the molecule is Cc1cc(F)cc(C(=O)NCC(=O)NC2CCC2)c1. The summed E-state index contributed by atoms with van der Waals surface area (Å²) >= 11 is 0. The fourth-order valence-electron chi connectivity index (χ4n) is 1.96. The average Bonchev–Trinajstić information content (AvgIpc) is 2.29. The topological polar surface area (TPSA) is 58.2 Å². The van der Waals surface area contributed by atoms with Gasteiger partial charge in [-0.25, -0.2) is 4.39 Å². The van der Waals surface area contributed by atoms with Gasteiger partial charge >= 0.3 is 0 Å². The van der Waals surface area contributed by atoms with Gasteiger partial charge in [0.2, 0.25) is 5.91 Å². The van der Waals surface area contributed by atoms with Crippen LogP contribution in [0.4, 0.5) is 4.39 Å². The van der Waals surface area contributed by atoms with Crippen molar-refractivity contribution in [3.8, 4) is 0 Å². The summed E-state index contributed by atoms with van der Waals surface area (Å²) < 4.78 is 13.2. The average molecular weight is 264 g/mol. The van der Waals surface area contributed by atoms with Crippen LogP contribution < -0.4 is 10.6 Å². The Hall–Kier alpha value is -1.91. The van der Waals surface area contributed by atoms with Gasteiger partial charge in [-0.1, -0.05) is 0 Å². The van der Waals surface area contributed by atoms with E-state index in [1.54, 1.807) is 13.0 Å². The summed E-state index contributed by atoms with van der Waals surface area (Å²) in [6, 6.07) is 4.34. The van der Waals surface area contributed by atoms with Crippen molar-refractivity contribution in [2.75, 3.05) is 6.54 Å². The third-order valence-electron chi connectivity index (χ3n) is 3.18. The quantitative estimate of drug-likeness (QED) is 0.866. The lowest BCUT2D eigenvalue weighted by Gasteiger charge is -2.26. The first-order chi connectivity index (χ1) is 9.04. The summed E-state index contributed by atoms with van der Waals surface area (Å²) in [4.78, 5) is 23.3. The van der Waals surface area contributed by atoms with E-state index in [0.717, 1.165) is 25.3 Å². The van der Waals surface area contributed by atoms with Gasteiger partial charge in [-0.05, 0) is 49.9 Å². The second-order valence-corrected chi connectivity index (χ2v) is 4.90. The minimum atomic E-state index is -0.455. The number of nitrogens with one attached hydrogen (secondary N) is 2. The summed E-state index contributed by atoms with van der Waals surface area (Å²) in [7, 11) is 0. The smallest absolute Gasteiger partial charge is 0.251 e. The first-order valence-electron chi connectivity index (χ1n) is 6.39. The zero-order chi connectivity index (χ0) is 13.8. The largest absolute Gasteiger partial charge is 0.352 e. The van der Waals surface area contributed by atoms with Crippen LogP contribution in [0.15, 0.2) is 18.2 Å². The third-order valence-corrected chi connectivity index (χ3v) is 3.18. The highest BCUT2D eigenvalue weighted by Gasteiger charge is 2.19. The van der Waals surface area contributed by atoms with E-state index in [1.807, 2.05) is 0 Å². The van der Waals surface area contributed by atoms with Gasteiger partial charge in [-0.15, -0.1) is 0 Å². The molecule has 2 amide bonds. The van der Waals surface area contributed by atoms with Gasteiger partial charge in [0.25, 0.3) is 5.91 Å². The molecular formula is C14H17FN2O2. The number of benzene rings is 1. The van der Waals surface area contributed by atoms with Crippen molar-refractivity contribution in [2.45, 2.75) is 32.2 Å². The highest BCUT2D eigenvalue weighted by Crippen LogP contribution is 2.17. The van der Waals surface area contributed by atoms with Crippen molar-refractivity contribution in [1.29, 1.82) is 0 Å². The van der Waals surface area contributed by atoms with Gasteiger partial charge in [-0.2, -0.15) is 0 Å². The van der Waals surface area contributed by atoms with Crippen LogP contribution in [0.2, 0.25) is 0 Å². The number of hydrogen-bond acceptors (Lipinski definition) is 2. The Labute approximate surface area is 111 Å². The second-order valence-electron chi connectivity index (χ2n) is 4.90. The predicted octanol–water partition coefficient (Wildman–Crippen LogP) is 1.53. The van der Waals surface area contributed by atoms with Crippen LogP contribution in [0.25, 0.3) is 0 Å². The molecule has 102 valence electrons. The van der Waals surface area contributed by atoms with Crippen LogP contribution in [0.5, 0.6) is 0 Å². The first-order valence-corrected chi connectivity index (χ1v) is 6.39. The van der Waals surface area contributed by atoms with Crippen molar-refractivity contribution < 1.29 is 14.0 Å². The standard InChI is InChI=1S/C14H17FN2O2/c1-9-5-10(7-11(15)6-9)14(19)16-8-13(18)17-12-3-2-4-12/h5-7,12H,2-4,8H2,1H3,(H,16,19)(H,17,18). The van der Waals surface area contributed by atoms with Crippen LogP contribution in [-0.4, -0.2) is 24.4 Å². The molecule has 0 aliphatic heterocycles. The molecule has 0 aromatic heterocycles. The molecule has 0 unspecified atom stereocenters. The molecule has 1 aromatic rings. The fourth-order valence-corrected chi connectivity index (χ4v) is 1.96. The normalized spacial score (nSPS) is 14.6. The maximum Gasteiger partial charge on any atom is 0.251 e. The van der Waals surface area contributed by atoms with E-state index in [9.17, 15) is 14.0 Å². The lowest BCUT2D eigenvalue weighted by molar-refractivity contribution is -0.121. The van der Waals surface area contributed by atoms with Gasteiger partial charge in [0.05, 0.1) is 6.54 Å². The Balaban J connectivity index is 1.84. The molecule has 1 fully saturated rings. The molecule has 0 bridgehead atoms. The summed E-state index contributed by atoms with van der Waals surface area (Å²) in [6.07, 6.45) is 3.14. The number of hydrogen-bond donors (Lipinski definition) is 2. The summed E-state index contributed by atoms with van der Waals surface area (Å²) in [5, 5.41) is 5.31. The maximum absolute atomic E-state index is 13.2. The fraction of sp³-hybridized carbons (Fsp3) is 0.429. The van der Waals surface area contributed by atoms with Crippen LogP contribution in [-0.2, 0) is 4.79 Å². The van der Waals surface area contributed by atoms with E-state index in [0.29, 0.717) is 5.56 Å². The predicted molar refractivity (Wildman–Crippen MR) is 69.3 cm³/mol. The van der Waals surface area contributed by atoms with Gasteiger partial charge in [0, 0.05) is 11.6 Å². The molecule has 0 saturated heterocycles. The molecule has 5 heteroatoms. The monoisotopic (exact) mass is 264 g/mol. The van der Waals surface area contributed by atoms with E-state index in [2.05, 4.69) is 10.6 Å². The van der Waals surface area contributed by atoms with Crippen LogP contribution in [0.3, 0.4) is 0 Å². The molecule has 1 aromatic carbocycles. The van der Waals surface area contributed by atoms with E-state index < -0.39 is 11.7 Å². The minimum absolute atomic E-state index is 0.0785. The molecule has 1 aliphatic carbocycles. The molecule has 0 spiro atoms. The first kappa shape index (κ1) is 13.5. The van der Waals surface area contributed by atoms with Gasteiger partial charge in [0.1, 0.15) is 5.82 Å². The molecular weight excluding hydrogens is 247 g/mol. The molecule has 1 saturated carbocycles. The van der Waals surface area contributed by atoms with E-state index in [4.69, 9.17) is 0 Å². The number of amides is 2. The minimum Gasteiger partial charge on any atom is -0.352 e. The summed E-state index contributed by atoms with van der Waals surface area (Å²) in [6.45, 7) is 1.63. The zero-order valence-corrected chi connectivity index (χ0v) is 10.8. The lowest BCUT2D eigenvalue weighted by Crippen LogP contribution is -2.44. The van der Waals surface area contributed by atoms with E-state index in [-0.39, 0.29) is 24.1 Å². The lowest BCUT2D eigenvalue weighted by atomic mass is 9.93. The number of aryl methyl sites for hydroxylation is 1. The van der Waals surface area contributed by atoms with Crippen molar-refractivity contribution in [1.82, 2.24) is 10.6 Å². The Kier molecular flexibility index (Phi) is 4.14. The van der Waals surface area contributed by atoms with E-state index >= 15 is 0 Å². The van der Waals surface area contributed by atoms with Crippen molar-refractivity contribution in [3.05, 3.63) is 35.1 Å². The number of carbonyl (C=O) groups is 2. The number of carbonyl (C=O) groups excluding carboxylic acids is 2. The molecule has 2 N–H and O–H groups in total. The summed E-state index contributed by atoms with van der Waals surface area (Å²) in [5.74, 6) is -1.10. The van der Waals surface area contributed by atoms with Crippen LogP contribution >= 0.6 is 0 Å². The highest BCUT2D eigenvalue weighted by atomic mass is 19.1. The highest BCUT2D eigenvalue weighted by molar-refractivity contribution is 5.96. The van der Waals surface area contributed by atoms with Crippen molar-refractivity contribution >= 4 is 11.8 Å². The Morgan fingerprint density at radius 1 is 1.32 bits per heavy atom. The van der Waals surface area contributed by atoms with Crippen molar-refractivity contribution in [2.24, 2.45) is 0 Å². The number of halogens is 1. The molecule has 0 heterocycles. The summed E-state index contributed by atoms with van der Waals surface area (Å²) in [5.41, 5.74) is 0.901. The van der Waals surface area contributed by atoms with Gasteiger partial charge in [-0.3, -0.25) is 9.59 Å². The molecule has 0 radical (unpaired) electrons. The molecule has 4 nitrogen and oxygen atoms in total. The van der Waals surface area contributed by atoms with E-state index in [1.165, 1.54) is 6.07 Å². The Morgan fingerprint density at radius 2 is 2.05 bits per heavy atom. The van der Waals surface area contributed by atoms with Gasteiger partial charge < -0.3 is 10.6 Å². The second kappa shape index (κ2) is 5.82. The van der Waals surface area contributed by atoms with Crippen LogP contribution in [0, 0.1) is 12.7 Å². The Bertz CT molecular complexity index is 478. The molecule has 0 atom stereocenters.